The summed E-state index contributed by atoms with van der Waals surface area (Å²) in [6, 6.07) is 10.9. The third-order valence-electron chi connectivity index (χ3n) is 3.08. The van der Waals surface area contributed by atoms with Crippen LogP contribution in [-0.2, 0) is 12.8 Å². The van der Waals surface area contributed by atoms with Crippen LogP contribution >= 0.6 is 15.9 Å². The van der Waals surface area contributed by atoms with Crippen molar-refractivity contribution in [2.24, 2.45) is 5.73 Å². The molecule has 0 saturated heterocycles. The first-order valence-corrected chi connectivity index (χ1v) is 7.38. The fourth-order valence-corrected chi connectivity index (χ4v) is 2.30. The summed E-state index contributed by atoms with van der Waals surface area (Å²) in [5, 5.41) is 4.53. The molecule has 1 aromatic carbocycles. The van der Waals surface area contributed by atoms with Crippen molar-refractivity contribution in [3.63, 3.8) is 0 Å². The van der Waals surface area contributed by atoms with Gasteiger partial charge in [-0.05, 0) is 44.0 Å². The molecule has 1 unspecified atom stereocenters. The van der Waals surface area contributed by atoms with Gasteiger partial charge in [-0.1, -0.05) is 28.1 Å². The lowest BCUT2D eigenvalue weighted by Gasteiger charge is -2.10. The Morgan fingerprint density at radius 1 is 1.16 bits per heavy atom. The smallest absolute Gasteiger partial charge is 0.0640 e. The van der Waals surface area contributed by atoms with E-state index in [1.165, 1.54) is 5.56 Å². The minimum absolute atomic E-state index is 0.108. The molecule has 3 nitrogen and oxygen atoms in total. The van der Waals surface area contributed by atoms with Crippen LogP contribution in [0.1, 0.15) is 31.1 Å². The Kier molecular flexibility index (Phi) is 4.77. The molecule has 1 atom stereocenters. The van der Waals surface area contributed by atoms with Gasteiger partial charge >= 0.3 is 0 Å². The van der Waals surface area contributed by atoms with Crippen LogP contribution in [0.5, 0.6) is 0 Å². The predicted octanol–water partition coefficient (Wildman–Crippen LogP) is 3.34. The first kappa shape index (κ1) is 14.3. The Morgan fingerprint density at radius 3 is 2.42 bits per heavy atom. The zero-order valence-corrected chi connectivity index (χ0v) is 13.0. The summed E-state index contributed by atoms with van der Waals surface area (Å²) in [6.07, 6.45) is 3.71. The molecule has 0 radical (unpaired) electrons. The van der Waals surface area contributed by atoms with E-state index in [0.717, 1.165) is 23.0 Å². The fourth-order valence-electron chi connectivity index (χ4n) is 2.04. The summed E-state index contributed by atoms with van der Waals surface area (Å²) in [7, 11) is 0. The molecule has 0 fully saturated rings. The van der Waals surface area contributed by atoms with E-state index < -0.39 is 0 Å². The minimum atomic E-state index is 0.108. The van der Waals surface area contributed by atoms with Gasteiger partial charge in [-0.25, -0.2) is 0 Å². The molecular weight excluding hydrogens is 302 g/mol. The van der Waals surface area contributed by atoms with Crippen LogP contribution in [0.25, 0.3) is 0 Å². The largest absolute Gasteiger partial charge is 0.327 e. The first-order valence-electron chi connectivity index (χ1n) is 6.58. The summed E-state index contributed by atoms with van der Waals surface area (Å²) in [6.45, 7) is 4.25. The lowest BCUT2D eigenvalue weighted by atomic mass is 10.0. The lowest BCUT2D eigenvalue weighted by Crippen LogP contribution is -2.25. The number of hydrogen-bond acceptors (Lipinski definition) is 2. The van der Waals surface area contributed by atoms with E-state index in [4.69, 9.17) is 5.73 Å². The predicted molar refractivity (Wildman–Crippen MR) is 82.1 cm³/mol. The highest BCUT2D eigenvalue weighted by Gasteiger charge is 2.09. The summed E-state index contributed by atoms with van der Waals surface area (Å²) in [5.41, 5.74) is 8.53. The average molecular weight is 322 g/mol. The monoisotopic (exact) mass is 321 g/mol. The van der Waals surface area contributed by atoms with Crippen molar-refractivity contribution in [2.45, 2.75) is 38.8 Å². The van der Waals surface area contributed by atoms with E-state index in [2.05, 4.69) is 65.2 Å². The van der Waals surface area contributed by atoms with Crippen molar-refractivity contribution >= 4 is 15.9 Å². The molecule has 4 heteroatoms. The topological polar surface area (TPSA) is 43.8 Å². The molecule has 19 heavy (non-hydrogen) atoms. The molecule has 2 rings (SSSR count). The van der Waals surface area contributed by atoms with Crippen molar-refractivity contribution in [1.82, 2.24) is 9.78 Å². The Bertz CT molecular complexity index is 516. The number of rotatable bonds is 5. The van der Waals surface area contributed by atoms with Crippen molar-refractivity contribution < 1.29 is 0 Å². The van der Waals surface area contributed by atoms with Gasteiger partial charge in [0.05, 0.1) is 5.69 Å². The second kappa shape index (κ2) is 6.35. The Morgan fingerprint density at radius 2 is 1.84 bits per heavy atom. The summed E-state index contributed by atoms with van der Waals surface area (Å²) >= 11 is 3.44. The van der Waals surface area contributed by atoms with Crippen LogP contribution in [0.2, 0.25) is 0 Å². The van der Waals surface area contributed by atoms with E-state index in [1.807, 2.05) is 10.9 Å². The maximum atomic E-state index is 6.20. The van der Waals surface area contributed by atoms with Crippen LogP contribution in [0.4, 0.5) is 0 Å². The van der Waals surface area contributed by atoms with Crippen LogP contribution in [0.15, 0.2) is 41.0 Å². The van der Waals surface area contributed by atoms with Crippen molar-refractivity contribution in [3.8, 4) is 0 Å². The highest BCUT2D eigenvalue weighted by Crippen LogP contribution is 2.13. The van der Waals surface area contributed by atoms with Crippen LogP contribution < -0.4 is 5.73 Å². The van der Waals surface area contributed by atoms with Gasteiger partial charge in [0.1, 0.15) is 0 Å². The summed E-state index contributed by atoms with van der Waals surface area (Å²) in [5.74, 6) is 0. The number of aromatic nitrogens is 2. The Labute approximate surface area is 122 Å². The van der Waals surface area contributed by atoms with Gasteiger partial charge in [0, 0.05) is 29.2 Å². The van der Waals surface area contributed by atoms with Gasteiger partial charge in [0.15, 0.2) is 0 Å². The van der Waals surface area contributed by atoms with E-state index >= 15 is 0 Å². The molecule has 1 heterocycles. The molecule has 0 aliphatic carbocycles. The number of benzene rings is 1. The first-order chi connectivity index (χ1) is 9.04. The molecule has 0 aliphatic rings. The number of hydrogen-bond donors (Lipinski definition) is 1. The van der Waals surface area contributed by atoms with Crippen molar-refractivity contribution in [3.05, 3.63) is 52.3 Å². The van der Waals surface area contributed by atoms with Gasteiger partial charge < -0.3 is 5.73 Å². The molecule has 0 saturated carbocycles. The fraction of sp³-hybridized carbons (Fsp3) is 0.400. The maximum absolute atomic E-state index is 6.20. The molecular formula is C15H20BrN3. The van der Waals surface area contributed by atoms with E-state index in [-0.39, 0.29) is 6.04 Å². The normalized spacial score (nSPS) is 12.9. The highest BCUT2D eigenvalue weighted by atomic mass is 79.9. The molecule has 1 aromatic heterocycles. The molecule has 0 aliphatic heterocycles. The van der Waals surface area contributed by atoms with Crippen LogP contribution in [-0.4, -0.2) is 15.8 Å². The Balaban J connectivity index is 1.93. The second-order valence-electron chi connectivity index (χ2n) is 5.18. The van der Waals surface area contributed by atoms with E-state index in [0.29, 0.717) is 6.04 Å². The lowest BCUT2D eigenvalue weighted by molar-refractivity contribution is 0.521. The van der Waals surface area contributed by atoms with E-state index in [1.54, 1.807) is 0 Å². The SMILES string of the molecule is CC(C)n1ccc(CC(N)Cc2ccc(Br)cc2)n1. The summed E-state index contributed by atoms with van der Waals surface area (Å²) in [4.78, 5) is 0. The molecule has 102 valence electrons. The quantitative estimate of drug-likeness (QED) is 0.917. The third-order valence-corrected chi connectivity index (χ3v) is 3.60. The molecule has 0 amide bonds. The van der Waals surface area contributed by atoms with Gasteiger partial charge in [0.25, 0.3) is 0 Å². The van der Waals surface area contributed by atoms with Crippen molar-refractivity contribution in [1.29, 1.82) is 0 Å². The van der Waals surface area contributed by atoms with Gasteiger partial charge in [-0.3, -0.25) is 4.68 Å². The highest BCUT2D eigenvalue weighted by molar-refractivity contribution is 9.10. The number of nitrogens with zero attached hydrogens (tertiary/aromatic N) is 2. The maximum Gasteiger partial charge on any atom is 0.0640 e. The van der Waals surface area contributed by atoms with Gasteiger partial charge in [0.2, 0.25) is 0 Å². The number of halogens is 1. The molecule has 0 bridgehead atoms. The third kappa shape index (κ3) is 4.18. The second-order valence-corrected chi connectivity index (χ2v) is 6.09. The van der Waals surface area contributed by atoms with Gasteiger partial charge in [-0.15, -0.1) is 0 Å². The van der Waals surface area contributed by atoms with Crippen LogP contribution in [0, 0.1) is 0 Å². The Hall–Kier alpha value is -1.13. The number of nitrogens with two attached hydrogens (primary N) is 1. The summed E-state index contributed by atoms with van der Waals surface area (Å²) < 4.78 is 3.07. The zero-order chi connectivity index (χ0) is 13.8. The minimum Gasteiger partial charge on any atom is -0.327 e. The van der Waals surface area contributed by atoms with Crippen LogP contribution in [0.3, 0.4) is 0 Å². The molecule has 2 N–H and O–H groups in total. The average Bonchev–Trinajstić information content (AvgIpc) is 2.80. The zero-order valence-electron chi connectivity index (χ0n) is 11.4. The van der Waals surface area contributed by atoms with E-state index in [9.17, 15) is 0 Å². The molecule has 0 spiro atoms. The van der Waals surface area contributed by atoms with Gasteiger partial charge in [-0.2, -0.15) is 5.10 Å². The standard InChI is InChI=1S/C15H20BrN3/c1-11(2)19-8-7-15(18-19)10-14(17)9-12-3-5-13(16)6-4-12/h3-8,11,14H,9-10,17H2,1-2H3. The molecule has 2 aromatic rings. The van der Waals surface area contributed by atoms with Crippen molar-refractivity contribution in [2.75, 3.05) is 0 Å².